The van der Waals surface area contributed by atoms with Gasteiger partial charge >= 0.3 is 0 Å². The highest BCUT2D eigenvalue weighted by Crippen LogP contribution is 2.43. The molecule has 0 unspecified atom stereocenters. The van der Waals surface area contributed by atoms with Crippen LogP contribution in [0.2, 0.25) is 0 Å². The van der Waals surface area contributed by atoms with Gasteiger partial charge in [-0.1, -0.05) is 24.3 Å². The SMILES string of the molecule is C[C@H]1Cc2cccc(O)c2[C@H](c2ccc(OCCN3CC(CF)C3)cc2)N1CC(F)(F)CO. The van der Waals surface area contributed by atoms with Crippen LogP contribution in [0.3, 0.4) is 0 Å². The number of aliphatic hydroxyl groups is 1. The van der Waals surface area contributed by atoms with Gasteiger partial charge < -0.3 is 14.9 Å². The van der Waals surface area contributed by atoms with E-state index in [4.69, 9.17) is 9.84 Å². The van der Waals surface area contributed by atoms with E-state index in [1.54, 1.807) is 29.2 Å². The zero-order valence-electron chi connectivity index (χ0n) is 18.8. The molecule has 0 aromatic heterocycles. The zero-order chi connectivity index (χ0) is 23.6. The molecule has 0 spiro atoms. The molecule has 5 nitrogen and oxygen atoms in total. The molecule has 2 aromatic carbocycles. The average Bonchev–Trinajstić information content (AvgIpc) is 2.77. The standard InChI is InChI=1S/C25H31F3N2O3/c1-17-11-20-3-2-4-22(32)23(20)24(30(17)15-25(27,28)16-31)19-5-7-21(8-6-19)33-10-9-29-13-18(12-26)14-29/h2-8,17-18,24,31-32H,9-16H2,1H3/t17-,24-/m0/s1. The first-order chi connectivity index (χ1) is 15.8. The topological polar surface area (TPSA) is 56.2 Å². The van der Waals surface area contributed by atoms with Crippen molar-refractivity contribution in [1.29, 1.82) is 0 Å². The maximum absolute atomic E-state index is 14.2. The summed E-state index contributed by atoms with van der Waals surface area (Å²) in [6.45, 7) is 2.49. The molecule has 0 saturated carbocycles. The van der Waals surface area contributed by atoms with Crippen molar-refractivity contribution >= 4 is 0 Å². The lowest BCUT2D eigenvalue weighted by molar-refractivity contribution is -0.0864. The number of hydrogen-bond donors (Lipinski definition) is 2. The number of aromatic hydroxyl groups is 1. The first-order valence-corrected chi connectivity index (χ1v) is 11.4. The van der Waals surface area contributed by atoms with Crippen LogP contribution in [0.25, 0.3) is 0 Å². The molecule has 4 rings (SSSR count). The van der Waals surface area contributed by atoms with Gasteiger partial charge in [0.25, 0.3) is 5.92 Å². The third-order valence-corrected chi connectivity index (χ3v) is 6.63. The molecule has 2 aliphatic rings. The van der Waals surface area contributed by atoms with Gasteiger partial charge in [0, 0.05) is 37.2 Å². The van der Waals surface area contributed by atoms with Crippen LogP contribution in [0.5, 0.6) is 11.5 Å². The van der Waals surface area contributed by atoms with E-state index >= 15 is 0 Å². The summed E-state index contributed by atoms with van der Waals surface area (Å²) < 4.78 is 46.8. The molecule has 2 aromatic rings. The molecule has 2 aliphatic heterocycles. The average molecular weight is 465 g/mol. The fraction of sp³-hybridized carbons (Fsp3) is 0.520. The summed E-state index contributed by atoms with van der Waals surface area (Å²) in [6.07, 6.45) is 0.530. The number of phenolic OH excluding ortho intramolecular Hbond substituents is 1. The smallest absolute Gasteiger partial charge is 0.283 e. The minimum atomic E-state index is -3.25. The van der Waals surface area contributed by atoms with E-state index in [2.05, 4.69) is 4.90 Å². The highest BCUT2D eigenvalue weighted by atomic mass is 19.3. The number of rotatable bonds is 9. The van der Waals surface area contributed by atoms with Gasteiger partial charge in [0.2, 0.25) is 0 Å². The number of fused-ring (bicyclic) bond motifs is 1. The van der Waals surface area contributed by atoms with Gasteiger partial charge in [-0.2, -0.15) is 0 Å². The van der Waals surface area contributed by atoms with Crippen molar-refractivity contribution in [2.24, 2.45) is 5.92 Å². The Morgan fingerprint density at radius 3 is 2.52 bits per heavy atom. The Morgan fingerprint density at radius 2 is 1.85 bits per heavy atom. The van der Waals surface area contributed by atoms with Crippen molar-refractivity contribution in [1.82, 2.24) is 9.80 Å². The lowest BCUT2D eigenvalue weighted by atomic mass is 9.84. The van der Waals surface area contributed by atoms with Crippen molar-refractivity contribution in [3.63, 3.8) is 0 Å². The summed E-state index contributed by atoms with van der Waals surface area (Å²) in [6, 6.07) is 11.8. The second kappa shape index (κ2) is 9.91. The van der Waals surface area contributed by atoms with Gasteiger partial charge in [-0.15, -0.1) is 0 Å². The van der Waals surface area contributed by atoms with Crippen molar-refractivity contribution in [2.45, 2.75) is 31.4 Å². The van der Waals surface area contributed by atoms with Gasteiger partial charge in [0.05, 0.1) is 19.3 Å². The Hall–Kier alpha value is -2.29. The molecule has 2 atom stereocenters. The molecular formula is C25H31F3N2O3. The molecule has 180 valence electrons. The Labute approximate surface area is 192 Å². The van der Waals surface area contributed by atoms with E-state index in [9.17, 15) is 18.3 Å². The zero-order valence-corrected chi connectivity index (χ0v) is 18.8. The lowest BCUT2D eigenvalue weighted by Gasteiger charge is -2.43. The van der Waals surface area contributed by atoms with Gasteiger partial charge in [-0.25, -0.2) is 8.78 Å². The second-order valence-electron chi connectivity index (χ2n) is 9.19. The number of phenols is 1. The van der Waals surface area contributed by atoms with Crippen LogP contribution in [0.1, 0.15) is 29.7 Å². The number of ether oxygens (including phenoxy) is 1. The Balaban J connectivity index is 1.52. The van der Waals surface area contributed by atoms with E-state index < -0.39 is 25.1 Å². The largest absolute Gasteiger partial charge is 0.508 e. The highest BCUT2D eigenvalue weighted by molar-refractivity contribution is 5.49. The molecule has 0 aliphatic carbocycles. The number of alkyl halides is 3. The van der Waals surface area contributed by atoms with Gasteiger partial charge in [0.15, 0.2) is 0 Å². The summed E-state index contributed by atoms with van der Waals surface area (Å²) in [7, 11) is 0. The van der Waals surface area contributed by atoms with Gasteiger partial charge in [-0.3, -0.25) is 14.2 Å². The molecule has 0 radical (unpaired) electrons. The predicted octanol–water partition coefficient (Wildman–Crippen LogP) is 3.64. The van der Waals surface area contributed by atoms with E-state index in [1.807, 2.05) is 25.1 Å². The highest BCUT2D eigenvalue weighted by Gasteiger charge is 2.41. The monoisotopic (exact) mass is 464 g/mol. The van der Waals surface area contributed by atoms with E-state index in [-0.39, 0.29) is 24.4 Å². The lowest BCUT2D eigenvalue weighted by Crippen LogP contribution is -2.49. The molecule has 33 heavy (non-hydrogen) atoms. The molecule has 1 fully saturated rings. The molecule has 0 amide bonds. The Kier molecular flexibility index (Phi) is 7.16. The minimum absolute atomic E-state index is 0.0724. The van der Waals surface area contributed by atoms with Crippen molar-refractivity contribution < 1.29 is 28.1 Å². The van der Waals surface area contributed by atoms with Crippen molar-refractivity contribution in [3.05, 3.63) is 59.2 Å². The van der Waals surface area contributed by atoms with Crippen molar-refractivity contribution in [3.8, 4) is 11.5 Å². The summed E-state index contributed by atoms with van der Waals surface area (Å²) in [5.41, 5.74) is 2.31. The van der Waals surface area contributed by atoms with Crippen LogP contribution in [0.4, 0.5) is 13.2 Å². The fourth-order valence-corrected chi connectivity index (χ4v) is 4.87. The maximum Gasteiger partial charge on any atom is 0.283 e. The first kappa shape index (κ1) is 23.9. The normalized spacial score (nSPS) is 22.1. The summed E-state index contributed by atoms with van der Waals surface area (Å²) in [5.74, 6) is -2.38. The van der Waals surface area contributed by atoms with Crippen LogP contribution in [-0.2, 0) is 6.42 Å². The fourth-order valence-electron chi connectivity index (χ4n) is 4.87. The summed E-state index contributed by atoms with van der Waals surface area (Å²) in [4.78, 5) is 3.79. The molecular weight excluding hydrogens is 433 g/mol. The molecule has 8 heteroatoms. The van der Waals surface area contributed by atoms with E-state index in [0.717, 1.165) is 30.8 Å². The van der Waals surface area contributed by atoms with E-state index in [0.29, 0.717) is 24.3 Å². The quantitative estimate of drug-likeness (QED) is 0.594. The number of likely N-dealkylation sites (tertiary alicyclic amines) is 1. The third-order valence-electron chi connectivity index (χ3n) is 6.63. The van der Waals surface area contributed by atoms with Crippen LogP contribution in [-0.4, -0.2) is 78.0 Å². The second-order valence-corrected chi connectivity index (χ2v) is 9.19. The molecule has 2 heterocycles. The van der Waals surface area contributed by atoms with Crippen LogP contribution >= 0.6 is 0 Å². The van der Waals surface area contributed by atoms with E-state index in [1.165, 1.54) is 0 Å². The number of nitrogens with zero attached hydrogens (tertiary/aromatic N) is 2. The summed E-state index contributed by atoms with van der Waals surface area (Å²) in [5, 5.41) is 19.8. The van der Waals surface area contributed by atoms with Gasteiger partial charge in [-0.05, 0) is 42.7 Å². The predicted molar refractivity (Wildman–Crippen MR) is 120 cm³/mol. The maximum atomic E-state index is 14.2. The third kappa shape index (κ3) is 5.28. The number of halogens is 3. The molecule has 2 N–H and O–H groups in total. The molecule has 1 saturated heterocycles. The van der Waals surface area contributed by atoms with Crippen LogP contribution in [0, 0.1) is 5.92 Å². The first-order valence-electron chi connectivity index (χ1n) is 11.4. The molecule has 0 bridgehead atoms. The summed E-state index contributed by atoms with van der Waals surface area (Å²) >= 11 is 0. The van der Waals surface area contributed by atoms with Crippen LogP contribution in [0.15, 0.2) is 42.5 Å². The minimum Gasteiger partial charge on any atom is -0.508 e. The van der Waals surface area contributed by atoms with Crippen molar-refractivity contribution in [2.75, 3.05) is 46.1 Å². The number of benzene rings is 2. The number of aliphatic hydroxyl groups excluding tert-OH is 1. The number of hydrogen-bond acceptors (Lipinski definition) is 5. The van der Waals surface area contributed by atoms with Crippen LogP contribution < -0.4 is 4.74 Å². The van der Waals surface area contributed by atoms with Gasteiger partial charge in [0.1, 0.15) is 24.7 Å². The Bertz CT molecular complexity index is 935. The Morgan fingerprint density at radius 1 is 1.12 bits per heavy atom.